The van der Waals surface area contributed by atoms with Gasteiger partial charge in [0.25, 0.3) is 0 Å². The van der Waals surface area contributed by atoms with Crippen LogP contribution in [0, 0.1) is 5.92 Å². The molecule has 4 atom stereocenters. The van der Waals surface area contributed by atoms with E-state index in [0.717, 1.165) is 31.0 Å². The molecule has 0 spiro atoms. The van der Waals surface area contributed by atoms with E-state index in [1.807, 2.05) is 17.0 Å². The standard InChI is InChI=1S/C19H25ClN2O2/c1-21-15-6-7-17(21)18(19(23)22-8-10-24-11-9-22)16(12-15)13-2-4-14(20)5-3-13/h2-5,15-18H,6-12H2,1H3/t15-,16-,17?,18?/m1/s1. The molecule has 3 aliphatic heterocycles. The van der Waals surface area contributed by atoms with Crippen molar-refractivity contribution < 1.29 is 9.53 Å². The molecule has 3 aliphatic rings. The van der Waals surface area contributed by atoms with Gasteiger partial charge in [-0.1, -0.05) is 23.7 Å². The highest BCUT2D eigenvalue weighted by Gasteiger charge is 2.50. The first-order valence-electron chi connectivity index (χ1n) is 8.99. The Kier molecular flexibility index (Phi) is 4.54. The van der Waals surface area contributed by atoms with E-state index in [2.05, 4.69) is 24.1 Å². The molecule has 0 aliphatic carbocycles. The molecular weight excluding hydrogens is 324 g/mol. The number of amides is 1. The van der Waals surface area contributed by atoms with Crippen molar-refractivity contribution in [2.24, 2.45) is 5.92 Å². The number of benzene rings is 1. The highest BCUT2D eigenvalue weighted by molar-refractivity contribution is 6.30. The topological polar surface area (TPSA) is 32.8 Å². The quantitative estimate of drug-likeness (QED) is 0.824. The van der Waals surface area contributed by atoms with Crippen LogP contribution in [0.3, 0.4) is 0 Å². The number of hydrogen-bond donors (Lipinski definition) is 0. The van der Waals surface area contributed by atoms with Crippen LogP contribution >= 0.6 is 11.6 Å². The lowest BCUT2D eigenvalue weighted by Gasteiger charge is -2.44. The maximum Gasteiger partial charge on any atom is 0.228 e. The van der Waals surface area contributed by atoms with Crippen LogP contribution in [0.25, 0.3) is 0 Å². The van der Waals surface area contributed by atoms with Crippen molar-refractivity contribution in [3.63, 3.8) is 0 Å². The summed E-state index contributed by atoms with van der Waals surface area (Å²) in [5, 5.41) is 0.755. The summed E-state index contributed by atoms with van der Waals surface area (Å²) in [6, 6.07) is 9.08. The molecule has 1 aromatic carbocycles. The monoisotopic (exact) mass is 348 g/mol. The predicted octanol–water partition coefficient (Wildman–Crippen LogP) is 2.77. The summed E-state index contributed by atoms with van der Waals surface area (Å²) < 4.78 is 5.43. The Morgan fingerprint density at radius 1 is 1.17 bits per heavy atom. The molecule has 130 valence electrons. The second kappa shape index (κ2) is 6.66. The number of carbonyl (C=O) groups excluding carboxylic acids is 1. The van der Waals surface area contributed by atoms with E-state index in [9.17, 15) is 4.79 Å². The first-order valence-corrected chi connectivity index (χ1v) is 9.37. The van der Waals surface area contributed by atoms with Crippen LogP contribution in [0.5, 0.6) is 0 Å². The van der Waals surface area contributed by atoms with Gasteiger partial charge in [-0.25, -0.2) is 0 Å². The van der Waals surface area contributed by atoms with Crippen LogP contribution in [-0.4, -0.2) is 61.1 Å². The number of piperidine rings is 1. The minimum absolute atomic E-state index is 0.0491. The number of rotatable bonds is 2. The van der Waals surface area contributed by atoms with E-state index in [1.54, 1.807) is 0 Å². The zero-order chi connectivity index (χ0) is 16.7. The van der Waals surface area contributed by atoms with Gasteiger partial charge in [0.2, 0.25) is 5.91 Å². The van der Waals surface area contributed by atoms with Gasteiger partial charge in [0.05, 0.1) is 19.1 Å². The van der Waals surface area contributed by atoms with Gasteiger partial charge in [-0.15, -0.1) is 0 Å². The molecule has 0 saturated carbocycles. The van der Waals surface area contributed by atoms with Crippen LogP contribution in [-0.2, 0) is 9.53 Å². The van der Waals surface area contributed by atoms with Crippen LogP contribution in [0.2, 0.25) is 5.02 Å². The lowest BCUT2D eigenvalue weighted by atomic mass is 9.75. The first kappa shape index (κ1) is 16.4. The largest absolute Gasteiger partial charge is 0.378 e. The fourth-order valence-electron chi connectivity index (χ4n) is 4.85. The summed E-state index contributed by atoms with van der Waals surface area (Å²) in [7, 11) is 2.19. The number of halogens is 1. The minimum Gasteiger partial charge on any atom is -0.378 e. The third kappa shape index (κ3) is 2.85. The van der Waals surface area contributed by atoms with E-state index < -0.39 is 0 Å². The van der Waals surface area contributed by atoms with E-state index in [-0.39, 0.29) is 5.92 Å². The number of ether oxygens (including phenoxy) is 1. The van der Waals surface area contributed by atoms with E-state index in [0.29, 0.717) is 37.1 Å². The van der Waals surface area contributed by atoms with Crippen molar-refractivity contribution in [2.45, 2.75) is 37.3 Å². The molecule has 5 heteroatoms. The van der Waals surface area contributed by atoms with Crippen molar-refractivity contribution in [1.82, 2.24) is 9.80 Å². The normalized spacial score (nSPS) is 33.7. The molecule has 4 rings (SSSR count). The van der Waals surface area contributed by atoms with Crippen molar-refractivity contribution in [3.05, 3.63) is 34.9 Å². The lowest BCUT2D eigenvalue weighted by Crippen LogP contribution is -2.54. The zero-order valence-corrected chi connectivity index (χ0v) is 14.9. The third-order valence-electron chi connectivity index (χ3n) is 6.17. The van der Waals surface area contributed by atoms with E-state index in [4.69, 9.17) is 16.3 Å². The molecule has 1 aromatic rings. The molecule has 1 amide bonds. The smallest absolute Gasteiger partial charge is 0.228 e. The van der Waals surface area contributed by atoms with Gasteiger partial charge < -0.3 is 9.64 Å². The Labute approximate surface area is 148 Å². The van der Waals surface area contributed by atoms with Gasteiger partial charge in [0, 0.05) is 30.2 Å². The Bertz CT molecular complexity index is 600. The minimum atomic E-state index is 0.0491. The van der Waals surface area contributed by atoms with Crippen LogP contribution in [0.1, 0.15) is 30.7 Å². The van der Waals surface area contributed by atoms with E-state index >= 15 is 0 Å². The summed E-state index contributed by atoms with van der Waals surface area (Å²) in [4.78, 5) is 17.8. The molecule has 0 radical (unpaired) electrons. The molecule has 2 unspecified atom stereocenters. The number of morpholine rings is 1. The second-order valence-electron chi connectivity index (χ2n) is 7.32. The van der Waals surface area contributed by atoms with Crippen molar-refractivity contribution in [1.29, 1.82) is 0 Å². The van der Waals surface area contributed by atoms with Crippen molar-refractivity contribution in [2.75, 3.05) is 33.4 Å². The SMILES string of the molecule is CN1C2CC[C@@H]1C[C@H](c1ccc(Cl)cc1)C2C(=O)N1CCOCC1. The van der Waals surface area contributed by atoms with E-state index in [1.165, 1.54) is 12.0 Å². The van der Waals surface area contributed by atoms with Crippen molar-refractivity contribution >= 4 is 17.5 Å². The number of nitrogens with zero attached hydrogens (tertiary/aromatic N) is 2. The maximum absolute atomic E-state index is 13.4. The molecule has 24 heavy (non-hydrogen) atoms. The average Bonchev–Trinajstić information content (AvgIpc) is 2.85. The summed E-state index contributed by atoms with van der Waals surface area (Å²) in [6.07, 6.45) is 3.40. The summed E-state index contributed by atoms with van der Waals surface area (Å²) in [5.41, 5.74) is 1.26. The molecule has 0 aromatic heterocycles. The molecule has 3 heterocycles. The maximum atomic E-state index is 13.4. The average molecular weight is 349 g/mol. The van der Waals surface area contributed by atoms with Gasteiger partial charge in [-0.3, -0.25) is 9.69 Å². The van der Waals surface area contributed by atoms with Gasteiger partial charge >= 0.3 is 0 Å². The fraction of sp³-hybridized carbons (Fsp3) is 0.632. The molecule has 2 bridgehead atoms. The Balaban J connectivity index is 1.65. The van der Waals surface area contributed by atoms with Crippen LogP contribution in [0.4, 0.5) is 0 Å². The number of hydrogen-bond acceptors (Lipinski definition) is 3. The van der Waals surface area contributed by atoms with Crippen LogP contribution in [0.15, 0.2) is 24.3 Å². The van der Waals surface area contributed by atoms with Gasteiger partial charge in [-0.2, -0.15) is 0 Å². The fourth-order valence-corrected chi connectivity index (χ4v) is 4.98. The van der Waals surface area contributed by atoms with Crippen molar-refractivity contribution in [3.8, 4) is 0 Å². The first-order chi connectivity index (χ1) is 11.6. The van der Waals surface area contributed by atoms with Crippen LogP contribution < -0.4 is 0 Å². The predicted molar refractivity (Wildman–Crippen MR) is 94.3 cm³/mol. The number of fused-ring (bicyclic) bond motifs is 2. The summed E-state index contributed by atoms with van der Waals surface area (Å²) in [5.74, 6) is 0.662. The molecule has 3 fully saturated rings. The third-order valence-corrected chi connectivity index (χ3v) is 6.43. The van der Waals surface area contributed by atoms with Gasteiger partial charge in [0.15, 0.2) is 0 Å². The molecule has 0 N–H and O–H groups in total. The number of carbonyl (C=O) groups is 1. The Morgan fingerprint density at radius 2 is 1.88 bits per heavy atom. The lowest BCUT2D eigenvalue weighted by molar-refractivity contribution is -0.144. The highest BCUT2D eigenvalue weighted by atomic mass is 35.5. The molecular formula is C19H25ClN2O2. The van der Waals surface area contributed by atoms with Gasteiger partial charge in [-0.05, 0) is 49.9 Å². The molecule has 4 nitrogen and oxygen atoms in total. The molecule has 3 saturated heterocycles. The Morgan fingerprint density at radius 3 is 2.58 bits per heavy atom. The Hall–Kier alpha value is -1.10. The summed E-state index contributed by atoms with van der Waals surface area (Å²) in [6.45, 7) is 2.77. The zero-order valence-electron chi connectivity index (χ0n) is 14.2. The van der Waals surface area contributed by atoms with Gasteiger partial charge in [0.1, 0.15) is 0 Å². The summed E-state index contributed by atoms with van der Waals surface area (Å²) >= 11 is 6.07. The second-order valence-corrected chi connectivity index (χ2v) is 7.76. The highest BCUT2D eigenvalue weighted by Crippen LogP contribution is 2.47.